The molecule has 0 rings (SSSR count). The molecular formula is C8H26N2O2. The van der Waals surface area contributed by atoms with Gasteiger partial charge in [-0.3, -0.25) is 0 Å². The molecule has 0 aromatic carbocycles. The summed E-state index contributed by atoms with van der Waals surface area (Å²) in [5, 5.41) is 17.8. The van der Waals surface area contributed by atoms with Crippen LogP contribution in [0.25, 0.3) is 0 Å². The van der Waals surface area contributed by atoms with Crippen molar-refractivity contribution in [1.29, 1.82) is 0 Å². The number of hydrogen-bond acceptors (Lipinski definition) is 4. The maximum Gasteiger partial charge on any atom is 0.0121 e. The van der Waals surface area contributed by atoms with Crippen molar-refractivity contribution in [3.63, 3.8) is 0 Å². The maximum absolute atomic E-state index is 7.89. The van der Waals surface area contributed by atoms with Crippen LogP contribution in [0.5, 0.6) is 0 Å². The van der Waals surface area contributed by atoms with Gasteiger partial charge in [0.05, 0.1) is 0 Å². The van der Waals surface area contributed by atoms with Gasteiger partial charge in [0.2, 0.25) is 0 Å². The summed E-state index contributed by atoms with van der Waals surface area (Å²) in [5.41, 5.74) is 0. The standard InChI is InChI=1S/2C2H7NO.2C2H6/c2*1-3(2)4;2*1-2/h2*4H,1-2H3;2*1-2H3. The molecule has 0 heterocycles. The molecule has 0 aliphatic carbocycles. The molecule has 0 aromatic rings. The lowest BCUT2D eigenvalue weighted by molar-refractivity contribution is -0.0375. The van der Waals surface area contributed by atoms with Crippen molar-refractivity contribution in [3.05, 3.63) is 0 Å². The van der Waals surface area contributed by atoms with E-state index < -0.39 is 0 Å². The molecule has 4 nitrogen and oxygen atoms in total. The zero-order valence-electron chi connectivity index (χ0n) is 9.79. The van der Waals surface area contributed by atoms with Crippen molar-refractivity contribution in [2.24, 2.45) is 0 Å². The molecule has 0 saturated heterocycles. The molecule has 0 saturated carbocycles. The molecule has 0 amide bonds. The molecular weight excluding hydrogens is 156 g/mol. The van der Waals surface area contributed by atoms with E-state index in [4.69, 9.17) is 10.4 Å². The SMILES string of the molecule is CC.CC.CN(C)O.CN(C)O. The van der Waals surface area contributed by atoms with Crippen molar-refractivity contribution < 1.29 is 10.4 Å². The largest absolute Gasteiger partial charge is 0.315 e. The highest BCUT2D eigenvalue weighted by Gasteiger charge is 1.60. The van der Waals surface area contributed by atoms with E-state index in [0.717, 1.165) is 10.1 Å². The molecule has 0 aromatic heterocycles. The van der Waals surface area contributed by atoms with Gasteiger partial charge in [-0.25, -0.2) is 0 Å². The first kappa shape index (κ1) is 22.6. The Bertz CT molecular complexity index is 30.5. The van der Waals surface area contributed by atoms with Gasteiger partial charge in [0.1, 0.15) is 0 Å². The zero-order valence-corrected chi connectivity index (χ0v) is 9.79. The van der Waals surface area contributed by atoms with Gasteiger partial charge in [0, 0.05) is 28.2 Å². The van der Waals surface area contributed by atoms with Crippen LogP contribution in [-0.2, 0) is 0 Å². The predicted octanol–water partition coefficient (Wildman–Crippen LogP) is 1.93. The molecule has 12 heavy (non-hydrogen) atoms. The molecule has 0 fully saturated rings. The Labute approximate surface area is 77.3 Å². The lowest BCUT2D eigenvalue weighted by atomic mass is 11.0. The minimum absolute atomic E-state index is 1.00. The fourth-order valence-electron chi connectivity index (χ4n) is 0. The summed E-state index contributed by atoms with van der Waals surface area (Å²) in [4.78, 5) is 0. The van der Waals surface area contributed by atoms with Crippen molar-refractivity contribution in [3.8, 4) is 0 Å². The minimum atomic E-state index is 1.00. The van der Waals surface area contributed by atoms with Crippen LogP contribution in [0.4, 0.5) is 0 Å². The average molecular weight is 182 g/mol. The minimum Gasteiger partial charge on any atom is -0.315 e. The predicted molar refractivity (Wildman–Crippen MR) is 53.6 cm³/mol. The first-order chi connectivity index (χ1) is 5.46. The summed E-state index contributed by atoms with van der Waals surface area (Å²) in [6.07, 6.45) is 0. The van der Waals surface area contributed by atoms with Crippen molar-refractivity contribution in [2.45, 2.75) is 27.7 Å². The third-order valence-electron chi connectivity index (χ3n) is 0. The Balaban J connectivity index is -0.0000000380. The lowest BCUT2D eigenvalue weighted by Crippen LogP contribution is -2.01. The van der Waals surface area contributed by atoms with Gasteiger partial charge in [0.15, 0.2) is 0 Å². The second-order valence-corrected chi connectivity index (χ2v) is 1.69. The van der Waals surface area contributed by atoms with Gasteiger partial charge in [-0.2, -0.15) is 10.1 Å². The van der Waals surface area contributed by atoms with Gasteiger partial charge in [0.25, 0.3) is 0 Å². The van der Waals surface area contributed by atoms with Crippen LogP contribution in [0.15, 0.2) is 0 Å². The first-order valence-electron chi connectivity index (χ1n) is 4.19. The summed E-state index contributed by atoms with van der Waals surface area (Å²) < 4.78 is 0. The van der Waals surface area contributed by atoms with Crippen LogP contribution in [0.3, 0.4) is 0 Å². The third-order valence-corrected chi connectivity index (χ3v) is 0. The smallest absolute Gasteiger partial charge is 0.0121 e. The van der Waals surface area contributed by atoms with E-state index in [0.29, 0.717) is 0 Å². The molecule has 0 aliphatic heterocycles. The number of nitrogens with zero attached hydrogens (tertiary/aromatic N) is 2. The second-order valence-electron chi connectivity index (χ2n) is 1.69. The Hall–Kier alpha value is -0.160. The van der Waals surface area contributed by atoms with E-state index in [1.807, 2.05) is 27.7 Å². The Morgan fingerprint density at radius 3 is 0.583 bits per heavy atom. The van der Waals surface area contributed by atoms with Gasteiger partial charge in [-0.15, -0.1) is 0 Å². The number of rotatable bonds is 0. The van der Waals surface area contributed by atoms with Crippen molar-refractivity contribution in [2.75, 3.05) is 28.2 Å². The second kappa shape index (κ2) is 30.8. The fraction of sp³-hybridized carbons (Fsp3) is 1.00. The maximum atomic E-state index is 7.89. The monoisotopic (exact) mass is 182 g/mol. The topological polar surface area (TPSA) is 46.9 Å². The Kier molecular flexibility index (Phi) is 58.0. The van der Waals surface area contributed by atoms with E-state index in [1.165, 1.54) is 0 Å². The van der Waals surface area contributed by atoms with Crippen LogP contribution in [0.1, 0.15) is 27.7 Å². The van der Waals surface area contributed by atoms with Crippen LogP contribution in [0, 0.1) is 0 Å². The summed E-state index contributed by atoms with van der Waals surface area (Å²) >= 11 is 0. The van der Waals surface area contributed by atoms with E-state index in [9.17, 15) is 0 Å². The number of hydroxylamine groups is 4. The molecule has 0 spiro atoms. The van der Waals surface area contributed by atoms with Gasteiger partial charge >= 0.3 is 0 Å². The molecule has 4 heteroatoms. The summed E-state index contributed by atoms with van der Waals surface area (Å²) in [5.74, 6) is 0. The Morgan fingerprint density at radius 1 is 0.583 bits per heavy atom. The molecule has 0 unspecified atom stereocenters. The van der Waals surface area contributed by atoms with Crippen LogP contribution < -0.4 is 0 Å². The summed E-state index contributed by atoms with van der Waals surface area (Å²) in [6, 6.07) is 0. The quantitative estimate of drug-likeness (QED) is 0.562. The fourth-order valence-corrected chi connectivity index (χ4v) is 0. The average Bonchev–Trinajstić information content (AvgIpc) is 1.93. The molecule has 0 radical (unpaired) electrons. The normalized spacial score (nSPS) is 7.00. The highest BCUT2D eigenvalue weighted by Crippen LogP contribution is 1.46. The summed E-state index contributed by atoms with van der Waals surface area (Å²) in [6.45, 7) is 8.00. The molecule has 80 valence electrons. The Morgan fingerprint density at radius 2 is 0.583 bits per heavy atom. The first-order valence-corrected chi connectivity index (χ1v) is 4.19. The zero-order chi connectivity index (χ0) is 11.2. The lowest BCUT2D eigenvalue weighted by Gasteiger charge is -1.89. The van der Waals surface area contributed by atoms with Crippen molar-refractivity contribution >= 4 is 0 Å². The highest BCUT2D eigenvalue weighted by molar-refractivity contribution is 3.91. The molecule has 0 bridgehead atoms. The van der Waals surface area contributed by atoms with Gasteiger partial charge in [-0.1, -0.05) is 27.7 Å². The van der Waals surface area contributed by atoms with Gasteiger partial charge in [-0.05, 0) is 0 Å². The van der Waals surface area contributed by atoms with E-state index >= 15 is 0 Å². The number of hydrogen-bond donors (Lipinski definition) is 2. The molecule has 0 atom stereocenters. The molecule has 2 N–H and O–H groups in total. The van der Waals surface area contributed by atoms with Gasteiger partial charge < -0.3 is 10.4 Å². The highest BCUT2D eigenvalue weighted by atomic mass is 16.5. The van der Waals surface area contributed by atoms with Crippen LogP contribution in [0.2, 0.25) is 0 Å². The van der Waals surface area contributed by atoms with Crippen LogP contribution in [-0.4, -0.2) is 48.7 Å². The summed E-state index contributed by atoms with van der Waals surface area (Å²) in [7, 11) is 6.22. The van der Waals surface area contributed by atoms with Crippen LogP contribution >= 0.6 is 0 Å². The van der Waals surface area contributed by atoms with Crippen molar-refractivity contribution in [1.82, 2.24) is 10.1 Å². The third kappa shape index (κ3) is 30000. The van der Waals surface area contributed by atoms with E-state index in [1.54, 1.807) is 28.2 Å². The van der Waals surface area contributed by atoms with E-state index in [-0.39, 0.29) is 0 Å². The van der Waals surface area contributed by atoms with E-state index in [2.05, 4.69) is 0 Å². The molecule has 0 aliphatic rings.